The molecule has 1 saturated carbocycles. The van der Waals surface area contributed by atoms with Gasteiger partial charge in [0.1, 0.15) is 11.5 Å². The Bertz CT molecular complexity index is 1690. The molecule has 0 radical (unpaired) electrons. The minimum Gasteiger partial charge on any atom is -0.388 e. The zero-order chi connectivity index (χ0) is 34.0. The number of nitrogens with two attached hydrogens (primary N) is 2. The van der Waals surface area contributed by atoms with Gasteiger partial charge in [-0.2, -0.15) is 18.2 Å². The number of methoxy groups -OCH3 is 1. The third-order valence-electron chi connectivity index (χ3n) is 7.43. The second kappa shape index (κ2) is 16.7. The fraction of sp³-hybridized carbons (Fsp3) is 0.441. The van der Waals surface area contributed by atoms with Gasteiger partial charge in [-0.1, -0.05) is 31.4 Å². The summed E-state index contributed by atoms with van der Waals surface area (Å²) >= 11 is 0. The summed E-state index contributed by atoms with van der Waals surface area (Å²) < 4.78 is 63.0. The molecule has 47 heavy (non-hydrogen) atoms. The maximum Gasteiger partial charge on any atom is 0.419 e. The molecular weight excluding hydrogens is 614 g/mol. The molecule has 1 atom stereocenters. The zero-order valence-corrected chi connectivity index (χ0v) is 26.8. The molecule has 13 heteroatoms. The van der Waals surface area contributed by atoms with Gasteiger partial charge in [-0.3, -0.25) is 9.56 Å². The van der Waals surface area contributed by atoms with Gasteiger partial charge in [0.2, 0.25) is 0 Å². The summed E-state index contributed by atoms with van der Waals surface area (Å²) in [6, 6.07) is 10.8. The van der Waals surface area contributed by atoms with Crippen molar-refractivity contribution < 1.29 is 22.3 Å². The van der Waals surface area contributed by atoms with E-state index in [1.807, 2.05) is 12.1 Å². The first-order chi connectivity index (χ1) is 22.5. The summed E-state index contributed by atoms with van der Waals surface area (Å²) in [6.07, 6.45) is 3.29. The third-order valence-corrected chi connectivity index (χ3v) is 7.43. The number of amidine groups is 1. The number of H-pyrrole nitrogens is 1. The van der Waals surface area contributed by atoms with Crippen molar-refractivity contribution >= 4 is 16.9 Å². The summed E-state index contributed by atoms with van der Waals surface area (Å²) in [7, 11) is 1.52. The zero-order valence-electron chi connectivity index (χ0n) is 26.8. The Hall–Kier alpha value is -4.07. The molecule has 9 nitrogen and oxygen atoms in total. The van der Waals surface area contributed by atoms with Crippen LogP contribution in [0.1, 0.15) is 62.1 Å². The molecule has 0 spiro atoms. The largest absolute Gasteiger partial charge is 0.419 e. The van der Waals surface area contributed by atoms with Gasteiger partial charge in [0.15, 0.2) is 0 Å². The summed E-state index contributed by atoms with van der Waals surface area (Å²) in [6.45, 7) is 4.13. The van der Waals surface area contributed by atoms with E-state index < -0.39 is 23.2 Å². The van der Waals surface area contributed by atoms with Gasteiger partial charge < -0.3 is 26.5 Å². The summed E-state index contributed by atoms with van der Waals surface area (Å²) in [5.41, 5.74) is 11.4. The summed E-state index contributed by atoms with van der Waals surface area (Å²) in [4.78, 5) is 23.9. The number of benzene rings is 2. The highest BCUT2D eigenvalue weighted by Gasteiger charge is 2.36. The molecule has 1 aliphatic carbocycles. The standard InChI is InChI=1S/C31H37F4N7O2.C3H6/c1-19(36)39-12-4-11-38-16-20-7-9-24(10-8-20)42-17-22-15-27(40-29(22)41-30(42)43)25-13-21(5-3-6-23(37)18-44-2)14-26(28(25)32)31(33,34)35;1-2-3-1/h7-10,13-15,17,23,38H,3-6,11-12,16,18,37H2,1-2H3,(H2,36,39)(H,40,41,43);1-3H2. The lowest BCUT2D eigenvalue weighted by atomic mass is 9.98. The SMILES string of the molecule is C1CC1.COCC(N)CCCc1cc(-c2cc3cn(-c4ccc(CNCCCN=C(C)N)cc4)c(=O)nc3[nH]2)c(F)c(C(F)(F)F)c1. The fourth-order valence-corrected chi connectivity index (χ4v) is 4.89. The lowest BCUT2D eigenvalue weighted by Crippen LogP contribution is -2.25. The molecule has 4 aromatic rings. The molecule has 1 fully saturated rings. The lowest BCUT2D eigenvalue weighted by molar-refractivity contribution is -0.140. The first-order valence-corrected chi connectivity index (χ1v) is 15.8. The highest BCUT2D eigenvalue weighted by atomic mass is 19.4. The van der Waals surface area contributed by atoms with Gasteiger partial charge in [0.05, 0.1) is 29.4 Å². The monoisotopic (exact) mass is 657 g/mol. The lowest BCUT2D eigenvalue weighted by Gasteiger charge is -2.15. The van der Waals surface area contributed by atoms with Crippen LogP contribution < -0.4 is 22.5 Å². The van der Waals surface area contributed by atoms with Crippen molar-refractivity contribution in [2.24, 2.45) is 16.5 Å². The molecule has 6 N–H and O–H groups in total. The molecule has 5 rings (SSSR count). The number of nitrogens with zero attached hydrogens (tertiary/aromatic N) is 3. The Morgan fingerprint density at radius 1 is 1.13 bits per heavy atom. The number of rotatable bonds is 14. The number of fused-ring (bicyclic) bond motifs is 1. The van der Waals surface area contributed by atoms with E-state index in [2.05, 4.69) is 20.3 Å². The van der Waals surface area contributed by atoms with Crippen LogP contribution in [0.4, 0.5) is 17.6 Å². The summed E-state index contributed by atoms with van der Waals surface area (Å²) in [5, 5.41) is 3.76. The number of ether oxygens (including phenoxy) is 1. The van der Waals surface area contributed by atoms with E-state index in [0.717, 1.165) is 24.6 Å². The Kier molecular flexibility index (Phi) is 12.7. The van der Waals surface area contributed by atoms with Crippen molar-refractivity contribution in [2.45, 2.75) is 70.6 Å². The number of aliphatic imine (C=N–C) groups is 1. The van der Waals surface area contributed by atoms with Crippen LogP contribution in [0.25, 0.3) is 28.0 Å². The second-order valence-electron chi connectivity index (χ2n) is 11.8. The second-order valence-corrected chi connectivity index (χ2v) is 11.8. The van der Waals surface area contributed by atoms with Gasteiger partial charge in [-0.25, -0.2) is 9.18 Å². The first-order valence-electron chi connectivity index (χ1n) is 15.8. The number of hydrogen-bond donors (Lipinski definition) is 4. The topological polar surface area (TPSA) is 136 Å². The van der Waals surface area contributed by atoms with E-state index in [4.69, 9.17) is 16.2 Å². The number of nitrogens with one attached hydrogen (secondary N) is 2. The van der Waals surface area contributed by atoms with Gasteiger partial charge in [-0.05, 0) is 80.6 Å². The van der Waals surface area contributed by atoms with Crippen molar-refractivity contribution in [3.8, 4) is 16.9 Å². The molecule has 1 unspecified atom stereocenters. The van der Waals surface area contributed by atoms with Crippen LogP contribution in [-0.4, -0.2) is 53.2 Å². The molecule has 2 heterocycles. The molecule has 0 bridgehead atoms. The van der Waals surface area contributed by atoms with Crippen LogP contribution in [0.2, 0.25) is 0 Å². The maximum atomic E-state index is 15.3. The van der Waals surface area contributed by atoms with E-state index in [9.17, 15) is 18.0 Å². The molecule has 0 aliphatic heterocycles. The van der Waals surface area contributed by atoms with Crippen LogP contribution >= 0.6 is 0 Å². The molecule has 0 saturated heterocycles. The van der Waals surface area contributed by atoms with E-state index in [1.165, 1.54) is 49.3 Å². The van der Waals surface area contributed by atoms with Crippen LogP contribution in [0.5, 0.6) is 0 Å². The van der Waals surface area contributed by atoms with Crippen molar-refractivity contribution in [2.75, 3.05) is 26.8 Å². The van der Waals surface area contributed by atoms with Crippen LogP contribution in [0.3, 0.4) is 0 Å². The van der Waals surface area contributed by atoms with Gasteiger partial charge in [0, 0.05) is 43.4 Å². The summed E-state index contributed by atoms with van der Waals surface area (Å²) in [5.74, 6) is -0.840. The van der Waals surface area contributed by atoms with Crippen molar-refractivity contribution in [1.82, 2.24) is 19.9 Å². The number of aromatic nitrogens is 3. The minimum absolute atomic E-state index is 0.0827. The first kappa shape index (κ1) is 35.8. The Morgan fingerprint density at radius 2 is 1.85 bits per heavy atom. The minimum atomic E-state index is -4.89. The smallest absolute Gasteiger partial charge is 0.388 e. The Labute approximate surface area is 271 Å². The van der Waals surface area contributed by atoms with E-state index in [-0.39, 0.29) is 29.4 Å². The number of halogens is 4. The van der Waals surface area contributed by atoms with Gasteiger partial charge >= 0.3 is 11.9 Å². The Morgan fingerprint density at radius 3 is 2.49 bits per heavy atom. The average Bonchev–Trinajstić information content (AvgIpc) is 3.85. The normalized spacial score (nSPS) is 13.8. The Balaban J connectivity index is 0.00000157. The van der Waals surface area contributed by atoms with Crippen LogP contribution in [0, 0.1) is 5.82 Å². The maximum absolute atomic E-state index is 15.3. The molecule has 2 aromatic heterocycles. The number of aryl methyl sites for hydroxylation is 1. The van der Waals surface area contributed by atoms with E-state index >= 15 is 4.39 Å². The highest BCUT2D eigenvalue weighted by molar-refractivity contribution is 5.83. The molecule has 0 amide bonds. The number of hydrogen-bond acceptors (Lipinski definition) is 6. The average molecular weight is 658 g/mol. The van der Waals surface area contributed by atoms with Crippen molar-refractivity contribution in [1.29, 1.82) is 0 Å². The van der Waals surface area contributed by atoms with Crippen LogP contribution in [0.15, 0.2) is 58.4 Å². The van der Waals surface area contributed by atoms with Crippen molar-refractivity contribution in [3.63, 3.8) is 0 Å². The van der Waals surface area contributed by atoms with Crippen LogP contribution in [-0.2, 0) is 23.9 Å². The third kappa shape index (κ3) is 10.7. The van der Waals surface area contributed by atoms with Gasteiger partial charge in [0.25, 0.3) is 0 Å². The molecule has 254 valence electrons. The molecule has 1 aliphatic rings. The van der Waals surface area contributed by atoms with Gasteiger partial charge in [-0.15, -0.1) is 0 Å². The quantitative estimate of drug-likeness (QED) is 0.0581. The van der Waals surface area contributed by atoms with E-state index in [0.29, 0.717) is 55.0 Å². The number of aromatic amines is 1. The predicted octanol–water partition coefficient (Wildman–Crippen LogP) is 5.86. The molecule has 2 aromatic carbocycles. The fourth-order valence-electron chi connectivity index (χ4n) is 4.89. The number of alkyl halides is 3. The predicted molar refractivity (Wildman–Crippen MR) is 177 cm³/mol. The molecular formula is C34H43F4N7O2. The van der Waals surface area contributed by atoms with Crippen molar-refractivity contribution in [3.05, 3.63) is 81.7 Å². The van der Waals surface area contributed by atoms with E-state index in [1.54, 1.807) is 19.1 Å². The highest BCUT2D eigenvalue weighted by Crippen LogP contribution is 2.37.